The van der Waals surface area contributed by atoms with E-state index in [1.165, 1.54) is 12.3 Å². The first-order valence-corrected chi connectivity index (χ1v) is 6.73. The molecule has 2 N–H and O–H groups in total. The molecular weight excluding hydrogens is 268 g/mol. The summed E-state index contributed by atoms with van der Waals surface area (Å²) in [6.45, 7) is 6.59. The molecule has 0 aromatic carbocycles. The molecule has 0 unspecified atom stereocenters. The highest BCUT2D eigenvalue weighted by Crippen LogP contribution is 2.14. The Bertz CT molecular complexity index is 639. The zero-order valence-corrected chi connectivity index (χ0v) is 12.3. The van der Waals surface area contributed by atoms with Gasteiger partial charge in [0.15, 0.2) is 0 Å². The van der Waals surface area contributed by atoms with Crippen molar-refractivity contribution in [1.29, 1.82) is 0 Å². The number of hydrogen-bond donors (Lipinski definition) is 2. The van der Waals surface area contributed by atoms with Crippen LogP contribution in [0.1, 0.15) is 47.2 Å². The summed E-state index contributed by atoms with van der Waals surface area (Å²) < 4.78 is 0. The van der Waals surface area contributed by atoms with E-state index in [1.807, 2.05) is 13.0 Å². The third kappa shape index (κ3) is 3.98. The quantitative estimate of drug-likeness (QED) is 0.878. The minimum atomic E-state index is -1.03. The van der Waals surface area contributed by atoms with Crippen LogP contribution in [0.25, 0.3) is 0 Å². The smallest absolute Gasteiger partial charge is 0.354 e. The van der Waals surface area contributed by atoms with Crippen molar-refractivity contribution in [1.82, 2.24) is 15.0 Å². The molecule has 2 aromatic rings. The lowest BCUT2D eigenvalue weighted by Crippen LogP contribution is -2.08. The molecule has 21 heavy (non-hydrogen) atoms. The zero-order valence-electron chi connectivity index (χ0n) is 12.3. The Morgan fingerprint density at radius 1 is 1.33 bits per heavy atom. The van der Waals surface area contributed by atoms with Gasteiger partial charge in [0.25, 0.3) is 0 Å². The number of carbonyl (C=O) groups is 1. The van der Waals surface area contributed by atoms with E-state index >= 15 is 0 Å². The molecule has 0 saturated heterocycles. The first-order valence-electron chi connectivity index (χ1n) is 6.73. The summed E-state index contributed by atoms with van der Waals surface area (Å²) in [7, 11) is 0. The average molecular weight is 286 g/mol. The lowest BCUT2D eigenvalue weighted by Gasteiger charge is -2.10. The molecule has 0 atom stereocenters. The van der Waals surface area contributed by atoms with Crippen LogP contribution in [-0.4, -0.2) is 26.0 Å². The number of nitrogens with zero attached hydrogens (tertiary/aromatic N) is 3. The van der Waals surface area contributed by atoms with E-state index in [-0.39, 0.29) is 5.69 Å². The fourth-order valence-corrected chi connectivity index (χ4v) is 1.80. The Morgan fingerprint density at radius 2 is 2.10 bits per heavy atom. The normalized spacial score (nSPS) is 10.7. The molecule has 0 radical (unpaired) electrons. The first kappa shape index (κ1) is 14.9. The van der Waals surface area contributed by atoms with E-state index in [1.54, 1.807) is 6.07 Å². The number of anilines is 1. The van der Waals surface area contributed by atoms with Gasteiger partial charge in [-0.15, -0.1) is 0 Å². The number of aromatic nitrogens is 3. The molecule has 0 aliphatic rings. The molecule has 2 heterocycles. The van der Waals surface area contributed by atoms with Gasteiger partial charge in [-0.1, -0.05) is 19.9 Å². The Kier molecular flexibility index (Phi) is 4.47. The van der Waals surface area contributed by atoms with Crippen LogP contribution in [0.5, 0.6) is 0 Å². The van der Waals surface area contributed by atoms with E-state index in [2.05, 4.69) is 34.1 Å². The Labute approximate surface area is 123 Å². The molecular formula is C15H18N4O2. The molecule has 0 aliphatic carbocycles. The van der Waals surface area contributed by atoms with Gasteiger partial charge in [-0.3, -0.25) is 0 Å². The van der Waals surface area contributed by atoms with Gasteiger partial charge in [-0.05, 0) is 30.5 Å². The number of aromatic carboxylic acids is 1. The van der Waals surface area contributed by atoms with E-state index < -0.39 is 5.97 Å². The van der Waals surface area contributed by atoms with Gasteiger partial charge < -0.3 is 10.4 Å². The molecule has 0 fully saturated rings. The van der Waals surface area contributed by atoms with E-state index in [0.717, 1.165) is 17.0 Å². The van der Waals surface area contributed by atoms with Crippen LogP contribution in [0.4, 0.5) is 5.95 Å². The van der Waals surface area contributed by atoms with Crippen LogP contribution in [0.2, 0.25) is 0 Å². The van der Waals surface area contributed by atoms with Crippen LogP contribution < -0.4 is 5.32 Å². The largest absolute Gasteiger partial charge is 0.477 e. The summed E-state index contributed by atoms with van der Waals surface area (Å²) in [5.41, 5.74) is 2.81. The second kappa shape index (κ2) is 6.30. The minimum absolute atomic E-state index is 0.0349. The molecule has 0 bridgehead atoms. The fourth-order valence-electron chi connectivity index (χ4n) is 1.80. The van der Waals surface area contributed by atoms with Crippen LogP contribution in [0, 0.1) is 6.92 Å². The molecule has 2 aromatic heterocycles. The maximum atomic E-state index is 10.7. The summed E-state index contributed by atoms with van der Waals surface area (Å²) in [6, 6.07) is 5.18. The van der Waals surface area contributed by atoms with Gasteiger partial charge in [0, 0.05) is 24.1 Å². The highest BCUT2D eigenvalue weighted by Gasteiger charge is 2.07. The molecule has 0 saturated carbocycles. The van der Waals surface area contributed by atoms with Gasteiger partial charge >= 0.3 is 5.97 Å². The van der Waals surface area contributed by atoms with Gasteiger partial charge in [0.1, 0.15) is 5.69 Å². The predicted octanol–water partition coefficient (Wildman–Crippen LogP) is 2.61. The fraction of sp³-hybridized carbons (Fsp3) is 0.333. The SMILES string of the molecule is Cc1cc(C(C)C)nc(NCc2ccc(C(=O)O)nc2)n1. The average Bonchev–Trinajstić information content (AvgIpc) is 2.45. The van der Waals surface area contributed by atoms with Crippen LogP contribution in [0.15, 0.2) is 24.4 Å². The van der Waals surface area contributed by atoms with E-state index in [4.69, 9.17) is 5.11 Å². The maximum absolute atomic E-state index is 10.7. The Morgan fingerprint density at radius 3 is 2.67 bits per heavy atom. The topological polar surface area (TPSA) is 88.0 Å². The lowest BCUT2D eigenvalue weighted by atomic mass is 10.1. The standard InChI is InChI=1S/C15H18N4O2/c1-9(2)13-6-10(3)18-15(19-13)17-8-11-4-5-12(14(20)21)16-7-11/h4-7,9H,8H2,1-3H3,(H,20,21)(H,17,18,19). The number of rotatable bonds is 5. The first-order chi connectivity index (χ1) is 9.95. The van der Waals surface area contributed by atoms with Crippen LogP contribution >= 0.6 is 0 Å². The summed E-state index contributed by atoms with van der Waals surface area (Å²) >= 11 is 0. The van der Waals surface area contributed by atoms with Crippen molar-refractivity contribution in [2.24, 2.45) is 0 Å². The lowest BCUT2D eigenvalue weighted by molar-refractivity contribution is 0.0690. The third-order valence-corrected chi connectivity index (χ3v) is 2.96. The number of pyridine rings is 1. The number of carboxylic acid groups (broad SMARTS) is 1. The van der Waals surface area contributed by atoms with Crippen molar-refractivity contribution < 1.29 is 9.90 Å². The van der Waals surface area contributed by atoms with Crippen molar-refractivity contribution in [2.75, 3.05) is 5.32 Å². The molecule has 110 valence electrons. The predicted molar refractivity (Wildman–Crippen MR) is 79.4 cm³/mol. The van der Waals surface area contributed by atoms with Crippen molar-refractivity contribution in [3.63, 3.8) is 0 Å². The zero-order chi connectivity index (χ0) is 15.4. The highest BCUT2D eigenvalue weighted by molar-refractivity contribution is 5.85. The molecule has 0 amide bonds. The van der Waals surface area contributed by atoms with Gasteiger partial charge in [-0.25, -0.2) is 19.7 Å². The second-order valence-corrected chi connectivity index (χ2v) is 5.12. The second-order valence-electron chi connectivity index (χ2n) is 5.12. The summed E-state index contributed by atoms with van der Waals surface area (Å²) in [5.74, 6) is -0.122. The number of nitrogens with one attached hydrogen (secondary N) is 1. The van der Waals surface area contributed by atoms with Crippen molar-refractivity contribution in [3.8, 4) is 0 Å². The highest BCUT2D eigenvalue weighted by atomic mass is 16.4. The summed E-state index contributed by atoms with van der Waals surface area (Å²) in [5, 5.41) is 11.9. The number of carboxylic acids is 1. The Balaban J connectivity index is 2.07. The molecule has 2 rings (SSSR count). The van der Waals surface area contributed by atoms with Gasteiger partial charge in [0.05, 0.1) is 0 Å². The monoisotopic (exact) mass is 286 g/mol. The Hall–Kier alpha value is -2.50. The van der Waals surface area contributed by atoms with Crippen molar-refractivity contribution in [3.05, 3.63) is 47.0 Å². The third-order valence-electron chi connectivity index (χ3n) is 2.96. The van der Waals surface area contributed by atoms with E-state index in [9.17, 15) is 4.79 Å². The van der Waals surface area contributed by atoms with Crippen LogP contribution in [0.3, 0.4) is 0 Å². The number of aryl methyl sites for hydroxylation is 1. The van der Waals surface area contributed by atoms with E-state index in [0.29, 0.717) is 18.4 Å². The molecule has 0 aliphatic heterocycles. The van der Waals surface area contributed by atoms with Crippen molar-refractivity contribution in [2.45, 2.75) is 33.2 Å². The molecule has 6 heteroatoms. The van der Waals surface area contributed by atoms with Crippen LogP contribution in [-0.2, 0) is 6.54 Å². The summed E-state index contributed by atoms with van der Waals surface area (Å²) in [4.78, 5) is 23.4. The van der Waals surface area contributed by atoms with Crippen molar-refractivity contribution >= 4 is 11.9 Å². The molecule has 0 spiro atoms. The summed E-state index contributed by atoms with van der Waals surface area (Å²) in [6.07, 6.45) is 1.54. The number of hydrogen-bond acceptors (Lipinski definition) is 5. The minimum Gasteiger partial charge on any atom is -0.477 e. The van der Waals surface area contributed by atoms with Gasteiger partial charge in [-0.2, -0.15) is 0 Å². The van der Waals surface area contributed by atoms with Gasteiger partial charge in [0.2, 0.25) is 5.95 Å². The molecule has 6 nitrogen and oxygen atoms in total. The maximum Gasteiger partial charge on any atom is 0.354 e.